The highest BCUT2D eigenvalue weighted by atomic mass is 16.5. The smallest absolute Gasteiger partial charge is 0.122 e. The summed E-state index contributed by atoms with van der Waals surface area (Å²) in [7, 11) is 0. The summed E-state index contributed by atoms with van der Waals surface area (Å²) in [5.41, 5.74) is 4.67. The van der Waals surface area contributed by atoms with E-state index in [0.717, 1.165) is 94.0 Å². The third-order valence-electron chi connectivity index (χ3n) is 7.36. The molecule has 0 amide bonds. The van der Waals surface area contributed by atoms with Gasteiger partial charge in [0.2, 0.25) is 0 Å². The van der Waals surface area contributed by atoms with Crippen LogP contribution in [0.2, 0.25) is 0 Å². The minimum absolute atomic E-state index is 0.145. The van der Waals surface area contributed by atoms with Gasteiger partial charge in [-0.25, -0.2) is 0 Å². The molecule has 2 aromatic rings. The van der Waals surface area contributed by atoms with Crippen LogP contribution in [0.1, 0.15) is 43.2 Å². The summed E-state index contributed by atoms with van der Waals surface area (Å²) in [6, 6.07) is 12.6. The first-order chi connectivity index (χ1) is 17.0. The molecule has 2 heterocycles. The van der Waals surface area contributed by atoms with Gasteiger partial charge in [0.25, 0.3) is 0 Å². The lowest BCUT2D eigenvalue weighted by atomic mass is 9.95. The van der Waals surface area contributed by atoms with Gasteiger partial charge < -0.3 is 29.5 Å². The predicted molar refractivity (Wildman–Crippen MR) is 140 cm³/mol. The summed E-state index contributed by atoms with van der Waals surface area (Å²) in [6.45, 7) is 11.2. The normalized spacial score (nSPS) is 21.0. The number of aliphatic hydroxyl groups excluding tert-OH is 2. The molecule has 4 rings (SSSR count). The summed E-state index contributed by atoms with van der Waals surface area (Å²) >= 11 is 0. The number of hydrogen-bond acceptors (Lipinski definition) is 6. The molecule has 2 fully saturated rings. The van der Waals surface area contributed by atoms with Crippen molar-refractivity contribution in [1.82, 2.24) is 9.80 Å². The van der Waals surface area contributed by atoms with E-state index in [-0.39, 0.29) is 12.2 Å². The fourth-order valence-electron chi connectivity index (χ4n) is 5.25. The molecule has 0 bridgehead atoms. The highest BCUT2D eigenvalue weighted by Gasteiger charge is 2.20. The molecule has 2 atom stereocenters. The van der Waals surface area contributed by atoms with Crippen molar-refractivity contribution in [2.75, 3.05) is 52.5 Å². The molecule has 2 aromatic carbocycles. The Morgan fingerprint density at radius 2 is 1.20 bits per heavy atom. The monoisotopic (exact) mass is 482 g/mol. The fourth-order valence-corrected chi connectivity index (χ4v) is 5.25. The molecule has 2 unspecified atom stereocenters. The molecular weight excluding hydrogens is 440 g/mol. The van der Waals surface area contributed by atoms with Crippen molar-refractivity contribution in [2.24, 2.45) is 0 Å². The number of aliphatic hydroxyl groups is 2. The number of β-amino-alcohol motifs (C(OH)–C–C–N with tert-alkyl or cyclic N) is 2. The second kappa shape index (κ2) is 12.7. The SMILES string of the molecule is Cc1c(OCCCCN2CCC(O)C2)cccc1-c1cccc(OCCCN2CCC(O)C2)c1C. The van der Waals surface area contributed by atoms with Crippen molar-refractivity contribution < 1.29 is 19.7 Å². The topological polar surface area (TPSA) is 65.4 Å². The quantitative estimate of drug-likeness (QED) is 0.446. The van der Waals surface area contributed by atoms with Gasteiger partial charge in [0, 0.05) is 32.7 Å². The van der Waals surface area contributed by atoms with E-state index in [9.17, 15) is 10.2 Å². The van der Waals surface area contributed by atoms with Crippen LogP contribution in [0.5, 0.6) is 11.5 Å². The van der Waals surface area contributed by atoms with E-state index in [1.165, 1.54) is 11.1 Å². The second-order valence-electron chi connectivity index (χ2n) is 10.1. The van der Waals surface area contributed by atoms with E-state index in [1.54, 1.807) is 0 Å². The number of nitrogens with zero attached hydrogens (tertiary/aromatic N) is 2. The first kappa shape index (κ1) is 26.0. The summed E-state index contributed by atoms with van der Waals surface area (Å²) in [5, 5.41) is 19.3. The zero-order valence-corrected chi connectivity index (χ0v) is 21.4. The minimum atomic E-state index is -0.164. The Morgan fingerprint density at radius 3 is 1.69 bits per heavy atom. The molecule has 2 N–H and O–H groups in total. The van der Waals surface area contributed by atoms with Crippen LogP contribution in [-0.2, 0) is 0 Å². The van der Waals surface area contributed by atoms with Gasteiger partial charge in [-0.1, -0.05) is 24.3 Å². The Kier molecular flexibility index (Phi) is 9.44. The van der Waals surface area contributed by atoms with Gasteiger partial charge in [-0.15, -0.1) is 0 Å². The number of benzene rings is 2. The summed E-state index contributed by atoms with van der Waals surface area (Å²) in [6.07, 6.45) is 4.52. The van der Waals surface area contributed by atoms with Crippen LogP contribution in [0.25, 0.3) is 11.1 Å². The number of likely N-dealkylation sites (tertiary alicyclic amines) is 2. The second-order valence-corrected chi connectivity index (χ2v) is 10.1. The maximum absolute atomic E-state index is 9.68. The highest BCUT2D eigenvalue weighted by Crippen LogP contribution is 2.35. The summed E-state index contributed by atoms with van der Waals surface area (Å²) < 4.78 is 12.3. The number of unbranched alkanes of at least 4 members (excludes halogenated alkanes) is 1. The lowest BCUT2D eigenvalue weighted by Crippen LogP contribution is -2.24. The van der Waals surface area contributed by atoms with Crippen molar-refractivity contribution >= 4 is 0 Å². The number of ether oxygens (including phenoxy) is 2. The summed E-state index contributed by atoms with van der Waals surface area (Å²) in [5.74, 6) is 1.87. The maximum atomic E-state index is 9.68. The molecule has 0 aromatic heterocycles. The fraction of sp³-hybridized carbons (Fsp3) is 0.586. The third kappa shape index (κ3) is 7.20. The van der Waals surface area contributed by atoms with Gasteiger partial charge in [-0.2, -0.15) is 0 Å². The molecule has 35 heavy (non-hydrogen) atoms. The van der Waals surface area contributed by atoms with Crippen LogP contribution < -0.4 is 9.47 Å². The minimum Gasteiger partial charge on any atom is -0.493 e. The predicted octanol–water partition coefficient (Wildman–Crippen LogP) is 4.03. The molecule has 0 spiro atoms. The van der Waals surface area contributed by atoms with Crippen LogP contribution in [0, 0.1) is 13.8 Å². The zero-order chi connectivity index (χ0) is 24.6. The molecule has 6 heteroatoms. The van der Waals surface area contributed by atoms with E-state index in [1.807, 2.05) is 6.07 Å². The molecular formula is C29H42N2O4. The molecule has 0 radical (unpaired) electrons. The van der Waals surface area contributed by atoms with Crippen LogP contribution in [0.3, 0.4) is 0 Å². The van der Waals surface area contributed by atoms with Crippen molar-refractivity contribution in [1.29, 1.82) is 0 Å². The first-order valence-electron chi connectivity index (χ1n) is 13.3. The van der Waals surface area contributed by atoms with Crippen LogP contribution in [0.15, 0.2) is 36.4 Å². The van der Waals surface area contributed by atoms with Crippen molar-refractivity contribution in [2.45, 2.75) is 58.2 Å². The molecule has 2 aliphatic rings. The van der Waals surface area contributed by atoms with Gasteiger partial charge in [0.1, 0.15) is 11.5 Å². The maximum Gasteiger partial charge on any atom is 0.122 e. The van der Waals surface area contributed by atoms with Crippen LogP contribution >= 0.6 is 0 Å². The van der Waals surface area contributed by atoms with Gasteiger partial charge in [0.15, 0.2) is 0 Å². The average Bonchev–Trinajstić information content (AvgIpc) is 3.46. The summed E-state index contributed by atoms with van der Waals surface area (Å²) in [4.78, 5) is 4.65. The molecule has 2 saturated heterocycles. The number of hydrogen-bond donors (Lipinski definition) is 2. The average molecular weight is 483 g/mol. The van der Waals surface area contributed by atoms with Gasteiger partial charge in [-0.3, -0.25) is 0 Å². The molecule has 6 nitrogen and oxygen atoms in total. The molecule has 0 saturated carbocycles. The van der Waals surface area contributed by atoms with E-state index in [4.69, 9.17) is 9.47 Å². The van der Waals surface area contributed by atoms with Crippen molar-refractivity contribution in [3.8, 4) is 22.6 Å². The molecule has 2 aliphatic heterocycles. The Labute approximate surface area is 210 Å². The van der Waals surface area contributed by atoms with Gasteiger partial charge in [0.05, 0.1) is 25.4 Å². The molecule has 0 aliphatic carbocycles. The van der Waals surface area contributed by atoms with Crippen LogP contribution in [-0.4, -0.2) is 84.7 Å². The van der Waals surface area contributed by atoms with E-state index < -0.39 is 0 Å². The van der Waals surface area contributed by atoms with Gasteiger partial charge >= 0.3 is 0 Å². The Bertz CT molecular complexity index is 950. The van der Waals surface area contributed by atoms with E-state index >= 15 is 0 Å². The lowest BCUT2D eigenvalue weighted by Gasteiger charge is -2.18. The van der Waals surface area contributed by atoms with E-state index in [0.29, 0.717) is 13.2 Å². The van der Waals surface area contributed by atoms with Gasteiger partial charge in [-0.05, 0) is 86.9 Å². The van der Waals surface area contributed by atoms with Crippen molar-refractivity contribution in [3.63, 3.8) is 0 Å². The standard InChI is InChI=1S/C29H42N2O4/c1-22-26(8-5-10-28(22)34-18-4-3-14-30-16-12-24(32)20-30)27-9-6-11-29(23(27)2)35-19-7-15-31-17-13-25(33)21-31/h5-6,8-11,24-25,32-33H,3-4,7,12-21H2,1-2H3. The van der Waals surface area contributed by atoms with Crippen molar-refractivity contribution in [3.05, 3.63) is 47.5 Å². The highest BCUT2D eigenvalue weighted by molar-refractivity contribution is 5.74. The third-order valence-corrected chi connectivity index (χ3v) is 7.36. The Hall–Kier alpha value is -2.12. The van der Waals surface area contributed by atoms with E-state index in [2.05, 4.69) is 54.0 Å². The van der Waals surface area contributed by atoms with Crippen LogP contribution in [0.4, 0.5) is 0 Å². The zero-order valence-electron chi connectivity index (χ0n) is 21.4. The molecule has 192 valence electrons. The Balaban J connectivity index is 1.29. The largest absolute Gasteiger partial charge is 0.493 e. The Morgan fingerprint density at radius 1 is 0.714 bits per heavy atom. The number of rotatable bonds is 12. The first-order valence-corrected chi connectivity index (χ1v) is 13.3. The lowest BCUT2D eigenvalue weighted by molar-refractivity contribution is 0.173.